The number of benzene rings is 1. The van der Waals surface area contributed by atoms with Gasteiger partial charge in [0, 0.05) is 50.9 Å². The Kier molecular flexibility index (Phi) is 5.48. The van der Waals surface area contributed by atoms with Gasteiger partial charge in [0.2, 0.25) is 6.41 Å². The van der Waals surface area contributed by atoms with Crippen LogP contribution in [0.15, 0.2) is 36.4 Å². The molecular formula is C20H23N5O3. The second kappa shape index (κ2) is 8.35. The van der Waals surface area contributed by atoms with Gasteiger partial charge in [0.1, 0.15) is 11.5 Å². The van der Waals surface area contributed by atoms with Crippen molar-refractivity contribution in [3.8, 4) is 11.4 Å². The Bertz CT molecular complexity index is 831. The van der Waals surface area contributed by atoms with Crippen molar-refractivity contribution in [3.63, 3.8) is 0 Å². The van der Waals surface area contributed by atoms with E-state index in [0.717, 1.165) is 17.8 Å². The third kappa shape index (κ3) is 3.96. The molecule has 0 aliphatic carbocycles. The molecule has 0 saturated carbocycles. The van der Waals surface area contributed by atoms with Crippen LogP contribution in [0.5, 0.6) is 0 Å². The molecule has 2 aliphatic rings. The van der Waals surface area contributed by atoms with Gasteiger partial charge in [0.15, 0.2) is 5.82 Å². The third-order valence-corrected chi connectivity index (χ3v) is 5.05. The van der Waals surface area contributed by atoms with Crippen molar-refractivity contribution in [3.05, 3.63) is 42.1 Å². The molecule has 2 fully saturated rings. The van der Waals surface area contributed by atoms with Crippen LogP contribution in [0.4, 0.5) is 5.82 Å². The first-order valence-corrected chi connectivity index (χ1v) is 9.50. The maximum Gasteiger partial charge on any atom is 0.272 e. The number of ether oxygens (including phenoxy) is 1. The van der Waals surface area contributed by atoms with Crippen LogP contribution in [0.25, 0.3) is 11.4 Å². The van der Waals surface area contributed by atoms with Crippen LogP contribution in [0.3, 0.4) is 0 Å². The van der Waals surface area contributed by atoms with Crippen LogP contribution in [0, 0.1) is 0 Å². The minimum Gasteiger partial charge on any atom is -0.378 e. The lowest BCUT2D eigenvalue weighted by atomic mass is 10.2. The van der Waals surface area contributed by atoms with Gasteiger partial charge in [-0.25, -0.2) is 9.97 Å². The lowest BCUT2D eigenvalue weighted by molar-refractivity contribution is -0.118. The predicted molar refractivity (Wildman–Crippen MR) is 104 cm³/mol. The zero-order chi connectivity index (χ0) is 19.3. The molecule has 0 N–H and O–H groups in total. The number of amides is 2. The number of hydrogen-bond donors (Lipinski definition) is 0. The number of hydrogen-bond acceptors (Lipinski definition) is 6. The Morgan fingerprint density at radius 3 is 2.36 bits per heavy atom. The van der Waals surface area contributed by atoms with Crippen LogP contribution in [0.2, 0.25) is 0 Å². The number of rotatable bonds is 4. The lowest BCUT2D eigenvalue weighted by Crippen LogP contribution is -2.46. The van der Waals surface area contributed by atoms with Gasteiger partial charge in [-0.2, -0.15) is 0 Å². The fraction of sp³-hybridized carbons (Fsp3) is 0.400. The monoisotopic (exact) mass is 381 g/mol. The molecular weight excluding hydrogens is 358 g/mol. The molecule has 8 nitrogen and oxygen atoms in total. The second-order valence-electron chi connectivity index (χ2n) is 6.83. The molecule has 1 aromatic carbocycles. The second-order valence-corrected chi connectivity index (χ2v) is 6.83. The Labute approximate surface area is 163 Å². The first kappa shape index (κ1) is 18.4. The first-order chi connectivity index (χ1) is 13.7. The van der Waals surface area contributed by atoms with E-state index in [1.807, 2.05) is 30.3 Å². The van der Waals surface area contributed by atoms with Crippen molar-refractivity contribution < 1.29 is 14.3 Å². The Morgan fingerprint density at radius 1 is 0.964 bits per heavy atom. The van der Waals surface area contributed by atoms with Gasteiger partial charge in [-0.3, -0.25) is 9.59 Å². The van der Waals surface area contributed by atoms with Gasteiger partial charge >= 0.3 is 0 Å². The summed E-state index contributed by atoms with van der Waals surface area (Å²) in [4.78, 5) is 38.9. The molecule has 2 aliphatic heterocycles. The molecule has 0 unspecified atom stereocenters. The molecule has 0 bridgehead atoms. The van der Waals surface area contributed by atoms with E-state index in [9.17, 15) is 9.59 Å². The number of carbonyl (C=O) groups is 2. The van der Waals surface area contributed by atoms with Gasteiger partial charge in [-0.15, -0.1) is 0 Å². The highest BCUT2D eigenvalue weighted by Gasteiger charge is 2.24. The predicted octanol–water partition coefficient (Wildman–Crippen LogP) is 0.894. The lowest BCUT2D eigenvalue weighted by Gasteiger charge is -2.33. The van der Waals surface area contributed by atoms with Crippen molar-refractivity contribution >= 4 is 18.1 Å². The van der Waals surface area contributed by atoms with Gasteiger partial charge < -0.3 is 19.4 Å². The van der Waals surface area contributed by atoms with Crippen molar-refractivity contribution in [2.75, 3.05) is 57.4 Å². The Balaban J connectivity index is 1.67. The van der Waals surface area contributed by atoms with E-state index in [0.29, 0.717) is 64.0 Å². The molecule has 0 radical (unpaired) electrons. The number of nitrogens with zero attached hydrogens (tertiary/aromatic N) is 5. The van der Waals surface area contributed by atoms with E-state index in [4.69, 9.17) is 9.72 Å². The number of carbonyl (C=O) groups excluding carboxylic acids is 2. The van der Waals surface area contributed by atoms with Gasteiger partial charge in [0.05, 0.1) is 13.2 Å². The van der Waals surface area contributed by atoms with Crippen LogP contribution in [0.1, 0.15) is 10.5 Å². The van der Waals surface area contributed by atoms with E-state index in [1.165, 1.54) is 0 Å². The maximum absolute atomic E-state index is 13.0. The molecule has 4 rings (SSSR count). The molecule has 8 heteroatoms. The van der Waals surface area contributed by atoms with Crippen LogP contribution in [-0.2, 0) is 9.53 Å². The minimum absolute atomic E-state index is 0.101. The Morgan fingerprint density at radius 2 is 1.68 bits per heavy atom. The van der Waals surface area contributed by atoms with Crippen LogP contribution < -0.4 is 4.90 Å². The maximum atomic E-state index is 13.0. The van der Waals surface area contributed by atoms with E-state index in [1.54, 1.807) is 15.9 Å². The summed E-state index contributed by atoms with van der Waals surface area (Å²) in [6.07, 6.45) is 0.875. The summed E-state index contributed by atoms with van der Waals surface area (Å²) in [5.41, 5.74) is 1.26. The summed E-state index contributed by atoms with van der Waals surface area (Å²) in [6, 6.07) is 11.4. The number of piperazine rings is 1. The summed E-state index contributed by atoms with van der Waals surface area (Å²) in [7, 11) is 0. The van der Waals surface area contributed by atoms with E-state index < -0.39 is 0 Å². The summed E-state index contributed by atoms with van der Waals surface area (Å²) in [6.45, 7) is 4.85. The molecule has 2 saturated heterocycles. The van der Waals surface area contributed by atoms with Crippen molar-refractivity contribution in [1.82, 2.24) is 19.8 Å². The first-order valence-electron chi connectivity index (χ1n) is 9.50. The van der Waals surface area contributed by atoms with Gasteiger partial charge in [-0.1, -0.05) is 30.3 Å². The quantitative estimate of drug-likeness (QED) is 0.732. The van der Waals surface area contributed by atoms with E-state index in [2.05, 4.69) is 9.88 Å². The highest BCUT2D eigenvalue weighted by molar-refractivity contribution is 5.93. The van der Waals surface area contributed by atoms with Crippen molar-refractivity contribution in [1.29, 1.82) is 0 Å². The van der Waals surface area contributed by atoms with E-state index >= 15 is 0 Å². The number of morpholine rings is 1. The number of anilines is 1. The summed E-state index contributed by atoms with van der Waals surface area (Å²) in [5.74, 6) is 1.15. The van der Waals surface area contributed by atoms with Gasteiger partial charge in [-0.05, 0) is 0 Å². The standard InChI is InChI=1S/C20H23N5O3/c26-15-23-6-8-24(9-7-23)18-14-17(20(27)25-10-12-28-13-11-25)21-19(22-18)16-4-2-1-3-5-16/h1-5,14-15H,6-13H2. The van der Waals surface area contributed by atoms with Crippen molar-refractivity contribution in [2.24, 2.45) is 0 Å². The smallest absolute Gasteiger partial charge is 0.272 e. The fourth-order valence-electron chi connectivity index (χ4n) is 3.41. The molecule has 2 aromatic rings. The average Bonchev–Trinajstić information content (AvgIpc) is 2.79. The topological polar surface area (TPSA) is 78.9 Å². The molecule has 2 amide bonds. The van der Waals surface area contributed by atoms with E-state index in [-0.39, 0.29) is 5.91 Å². The number of aromatic nitrogens is 2. The van der Waals surface area contributed by atoms with Crippen LogP contribution >= 0.6 is 0 Å². The average molecular weight is 381 g/mol. The Hall–Kier alpha value is -3.00. The highest BCUT2D eigenvalue weighted by Crippen LogP contribution is 2.22. The largest absolute Gasteiger partial charge is 0.378 e. The normalized spacial score (nSPS) is 17.5. The third-order valence-electron chi connectivity index (χ3n) is 5.05. The van der Waals surface area contributed by atoms with Crippen LogP contribution in [-0.4, -0.2) is 84.6 Å². The minimum atomic E-state index is -0.101. The summed E-state index contributed by atoms with van der Waals surface area (Å²) >= 11 is 0. The zero-order valence-corrected chi connectivity index (χ0v) is 15.7. The SMILES string of the molecule is O=CN1CCN(c2cc(C(=O)N3CCOCC3)nc(-c3ccccc3)n2)CC1. The van der Waals surface area contributed by atoms with Crippen molar-refractivity contribution in [2.45, 2.75) is 0 Å². The fourth-order valence-corrected chi connectivity index (χ4v) is 3.41. The molecule has 0 atom stereocenters. The zero-order valence-electron chi connectivity index (χ0n) is 15.7. The van der Waals surface area contributed by atoms with Gasteiger partial charge in [0.25, 0.3) is 5.91 Å². The summed E-state index contributed by atoms with van der Waals surface area (Å²) < 4.78 is 5.35. The molecule has 0 spiro atoms. The molecule has 146 valence electrons. The highest BCUT2D eigenvalue weighted by atomic mass is 16.5. The molecule has 1 aromatic heterocycles. The molecule has 3 heterocycles. The molecule has 28 heavy (non-hydrogen) atoms. The summed E-state index contributed by atoms with van der Waals surface area (Å²) in [5, 5.41) is 0.